The van der Waals surface area contributed by atoms with E-state index >= 15 is 0 Å². The third-order valence-electron chi connectivity index (χ3n) is 5.15. The summed E-state index contributed by atoms with van der Waals surface area (Å²) in [5, 5.41) is 13.9. The van der Waals surface area contributed by atoms with E-state index in [9.17, 15) is 14.4 Å². The van der Waals surface area contributed by atoms with Gasteiger partial charge in [-0.15, -0.1) is 5.10 Å². The van der Waals surface area contributed by atoms with E-state index < -0.39 is 5.25 Å². The minimum atomic E-state index is -0.575. The quantitative estimate of drug-likeness (QED) is 0.555. The topological polar surface area (TPSA) is 100.0 Å². The van der Waals surface area contributed by atoms with Crippen LogP contribution in [-0.4, -0.2) is 33.7 Å². The number of amides is 2. The van der Waals surface area contributed by atoms with Gasteiger partial charge < -0.3 is 10.6 Å². The normalized spacial score (nSPS) is 20.4. The number of nitrogens with zero attached hydrogens (tertiary/aromatic N) is 2. The SMILES string of the molecule is CC(=O)c1cccc(NC(=O)C[C@@H]2SC(=NN=C3CCCc4ccccc43)NC2=O)c1. The van der Waals surface area contributed by atoms with Gasteiger partial charge in [0.25, 0.3) is 0 Å². The van der Waals surface area contributed by atoms with Crippen molar-refractivity contribution in [1.29, 1.82) is 0 Å². The summed E-state index contributed by atoms with van der Waals surface area (Å²) in [6.45, 7) is 1.47. The van der Waals surface area contributed by atoms with Crippen LogP contribution in [0, 0.1) is 0 Å². The molecule has 1 fully saturated rings. The lowest BCUT2D eigenvalue weighted by Gasteiger charge is -2.16. The van der Waals surface area contributed by atoms with Crippen molar-refractivity contribution in [2.75, 3.05) is 5.32 Å². The van der Waals surface area contributed by atoms with Crippen LogP contribution < -0.4 is 10.6 Å². The molecule has 1 saturated heterocycles. The lowest BCUT2D eigenvalue weighted by atomic mass is 9.90. The van der Waals surface area contributed by atoms with Crippen LogP contribution in [-0.2, 0) is 16.0 Å². The molecule has 2 aliphatic rings. The van der Waals surface area contributed by atoms with Crippen molar-refractivity contribution in [3.05, 3.63) is 65.2 Å². The second-order valence-electron chi connectivity index (χ2n) is 7.45. The molecule has 31 heavy (non-hydrogen) atoms. The van der Waals surface area contributed by atoms with E-state index in [0.29, 0.717) is 16.4 Å². The number of carbonyl (C=O) groups is 3. The maximum Gasteiger partial charge on any atom is 0.240 e. The van der Waals surface area contributed by atoms with E-state index in [1.54, 1.807) is 24.3 Å². The van der Waals surface area contributed by atoms with Gasteiger partial charge in [0, 0.05) is 23.2 Å². The Morgan fingerprint density at radius 1 is 1.13 bits per heavy atom. The monoisotopic (exact) mass is 434 g/mol. The zero-order valence-corrected chi connectivity index (χ0v) is 17.9. The molecule has 4 rings (SSSR count). The van der Waals surface area contributed by atoms with Crippen molar-refractivity contribution in [1.82, 2.24) is 5.32 Å². The number of carbonyl (C=O) groups excluding carboxylic acids is 3. The fourth-order valence-corrected chi connectivity index (χ4v) is 4.51. The number of benzene rings is 2. The Hall–Kier alpha value is -3.26. The number of aryl methyl sites for hydroxylation is 1. The molecule has 0 aromatic heterocycles. The molecule has 1 aliphatic carbocycles. The summed E-state index contributed by atoms with van der Waals surface area (Å²) in [5.41, 5.74) is 4.33. The summed E-state index contributed by atoms with van der Waals surface area (Å²) in [6, 6.07) is 14.9. The van der Waals surface area contributed by atoms with Gasteiger partial charge in [-0.05, 0) is 43.9 Å². The highest BCUT2D eigenvalue weighted by Gasteiger charge is 2.32. The number of anilines is 1. The number of hydrogen-bond donors (Lipinski definition) is 2. The van der Waals surface area contributed by atoms with Gasteiger partial charge in [0.15, 0.2) is 11.0 Å². The number of thioether (sulfide) groups is 1. The van der Waals surface area contributed by atoms with E-state index in [4.69, 9.17) is 0 Å². The summed E-state index contributed by atoms with van der Waals surface area (Å²) in [6.07, 6.45) is 2.90. The van der Waals surface area contributed by atoms with Crippen LogP contribution in [0.1, 0.15) is 47.7 Å². The maximum atomic E-state index is 12.4. The lowest BCUT2D eigenvalue weighted by molar-refractivity contribution is -0.122. The molecule has 0 radical (unpaired) electrons. The van der Waals surface area contributed by atoms with Crippen LogP contribution in [0.3, 0.4) is 0 Å². The predicted octanol–water partition coefficient (Wildman–Crippen LogP) is 3.55. The lowest BCUT2D eigenvalue weighted by Crippen LogP contribution is -2.28. The molecule has 0 spiro atoms. The number of Topliss-reactive ketones (excluding diaryl/α,β-unsaturated/α-hetero) is 1. The average Bonchev–Trinajstić information content (AvgIpc) is 3.11. The van der Waals surface area contributed by atoms with Gasteiger partial charge in [-0.25, -0.2) is 0 Å². The van der Waals surface area contributed by atoms with Gasteiger partial charge in [0.1, 0.15) is 5.25 Å². The molecule has 0 bridgehead atoms. The number of ketones is 1. The molecule has 8 heteroatoms. The molecule has 0 unspecified atom stereocenters. The first-order chi connectivity index (χ1) is 15.0. The summed E-state index contributed by atoms with van der Waals surface area (Å²) < 4.78 is 0. The van der Waals surface area contributed by atoms with Crippen molar-refractivity contribution in [3.8, 4) is 0 Å². The largest absolute Gasteiger partial charge is 0.326 e. The fraction of sp³-hybridized carbons (Fsp3) is 0.261. The molecule has 1 atom stereocenters. The average molecular weight is 435 g/mol. The minimum Gasteiger partial charge on any atom is -0.326 e. The van der Waals surface area contributed by atoms with E-state index in [-0.39, 0.29) is 24.0 Å². The fourth-order valence-electron chi connectivity index (χ4n) is 3.59. The van der Waals surface area contributed by atoms with Crippen LogP contribution >= 0.6 is 11.8 Å². The third-order valence-corrected chi connectivity index (χ3v) is 6.22. The van der Waals surface area contributed by atoms with Crippen molar-refractivity contribution in [2.45, 2.75) is 37.9 Å². The molecule has 158 valence electrons. The van der Waals surface area contributed by atoms with Gasteiger partial charge in [0.2, 0.25) is 11.8 Å². The number of amidine groups is 1. The highest BCUT2D eigenvalue weighted by Crippen LogP contribution is 2.25. The predicted molar refractivity (Wildman–Crippen MR) is 123 cm³/mol. The molecule has 2 amide bonds. The first-order valence-electron chi connectivity index (χ1n) is 10.1. The molecule has 7 nitrogen and oxygen atoms in total. The standard InChI is InChI=1S/C23H22N4O3S/c1-14(28)16-8-4-9-17(12-16)24-21(29)13-20-22(30)25-23(31-20)27-26-19-11-5-7-15-6-2-3-10-18(15)19/h2-4,6,8-10,12,20H,5,7,11,13H2,1H3,(H,24,29)(H,25,27,30)/t20-/m0/s1. The molecular formula is C23H22N4O3S. The van der Waals surface area contributed by atoms with E-state index in [2.05, 4.69) is 26.9 Å². The number of hydrogen-bond acceptors (Lipinski definition) is 6. The van der Waals surface area contributed by atoms with Crippen molar-refractivity contribution in [2.24, 2.45) is 10.2 Å². The smallest absolute Gasteiger partial charge is 0.240 e. The Kier molecular flexibility index (Phi) is 6.27. The maximum absolute atomic E-state index is 12.4. The van der Waals surface area contributed by atoms with Crippen LogP contribution in [0.2, 0.25) is 0 Å². The first-order valence-corrected chi connectivity index (χ1v) is 11.0. The van der Waals surface area contributed by atoms with Gasteiger partial charge in [-0.2, -0.15) is 5.10 Å². The summed E-state index contributed by atoms with van der Waals surface area (Å²) in [5.74, 6) is -0.646. The van der Waals surface area contributed by atoms with Crippen molar-refractivity contribution in [3.63, 3.8) is 0 Å². The van der Waals surface area contributed by atoms with Crippen LogP contribution in [0.25, 0.3) is 0 Å². The zero-order valence-electron chi connectivity index (χ0n) is 17.1. The molecule has 1 aliphatic heterocycles. The van der Waals surface area contributed by atoms with E-state index in [0.717, 1.165) is 30.5 Å². The molecule has 2 aromatic rings. The van der Waals surface area contributed by atoms with Gasteiger partial charge >= 0.3 is 0 Å². The number of nitrogens with one attached hydrogen (secondary N) is 2. The Morgan fingerprint density at radius 2 is 1.97 bits per heavy atom. The molecule has 1 heterocycles. The Morgan fingerprint density at radius 3 is 2.81 bits per heavy atom. The summed E-state index contributed by atoms with van der Waals surface area (Å²) in [4.78, 5) is 36.2. The van der Waals surface area contributed by atoms with Gasteiger partial charge in [-0.3, -0.25) is 14.4 Å². The van der Waals surface area contributed by atoms with Gasteiger partial charge in [-0.1, -0.05) is 48.2 Å². The highest BCUT2D eigenvalue weighted by molar-refractivity contribution is 8.15. The second-order valence-corrected chi connectivity index (χ2v) is 8.64. The Bertz CT molecular complexity index is 1110. The minimum absolute atomic E-state index is 0.000770. The Labute approximate surface area is 184 Å². The molecule has 0 saturated carbocycles. The molecule has 2 aromatic carbocycles. The molecule has 2 N–H and O–H groups in total. The molecular weight excluding hydrogens is 412 g/mol. The second kappa shape index (κ2) is 9.26. The highest BCUT2D eigenvalue weighted by atomic mass is 32.2. The zero-order chi connectivity index (χ0) is 21.8. The van der Waals surface area contributed by atoms with Gasteiger partial charge in [0.05, 0.1) is 5.71 Å². The van der Waals surface area contributed by atoms with Crippen molar-refractivity contribution < 1.29 is 14.4 Å². The summed E-state index contributed by atoms with van der Waals surface area (Å²) >= 11 is 1.20. The number of rotatable bonds is 5. The van der Waals surface area contributed by atoms with Crippen molar-refractivity contribution >= 4 is 45.9 Å². The van der Waals surface area contributed by atoms with Crippen LogP contribution in [0.4, 0.5) is 5.69 Å². The third kappa shape index (κ3) is 5.08. The van der Waals surface area contributed by atoms with E-state index in [1.807, 2.05) is 18.2 Å². The van der Waals surface area contributed by atoms with E-state index in [1.165, 1.54) is 24.2 Å². The Balaban J connectivity index is 1.39. The number of fused-ring (bicyclic) bond motifs is 1. The van der Waals surface area contributed by atoms with Crippen LogP contribution in [0.5, 0.6) is 0 Å². The summed E-state index contributed by atoms with van der Waals surface area (Å²) in [7, 11) is 0. The van der Waals surface area contributed by atoms with Crippen LogP contribution in [0.15, 0.2) is 58.7 Å². The first kappa shape index (κ1) is 21.0.